The Hall–Kier alpha value is -3.30. The van der Waals surface area contributed by atoms with Crippen molar-refractivity contribution in [2.75, 3.05) is 6.61 Å². The van der Waals surface area contributed by atoms with Gasteiger partial charge in [0.1, 0.15) is 11.9 Å². The minimum absolute atomic E-state index is 0.0581. The number of carbonyl (C=O) groups is 4. The molecule has 160 valence electrons. The molecule has 2 aromatic carbocycles. The van der Waals surface area contributed by atoms with Crippen LogP contribution in [0.15, 0.2) is 70.8 Å². The largest absolute Gasteiger partial charge is 0.465 e. The molecule has 0 aliphatic carbocycles. The maximum Gasteiger partial charge on any atom is 0.320 e. The maximum absolute atomic E-state index is 13.0. The highest BCUT2D eigenvalue weighted by atomic mass is 79.9. The molecule has 0 aromatic heterocycles. The van der Waals surface area contributed by atoms with Gasteiger partial charge in [-0.1, -0.05) is 34.1 Å². The van der Waals surface area contributed by atoms with Gasteiger partial charge < -0.3 is 10.5 Å². The van der Waals surface area contributed by atoms with Gasteiger partial charge in [-0.3, -0.25) is 29.6 Å². The van der Waals surface area contributed by atoms with Crippen molar-refractivity contribution in [1.29, 1.82) is 0 Å². The predicted octanol–water partition coefficient (Wildman–Crippen LogP) is 2.21. The van der Waals surface area contributed by atoms with Crippen molar-refractivity contribution in [3.05, 3.63) is 82.0 Å². The number of nitrogens with zero attached hydrogens (tertiary/aromatic N) is 1. The van der Waals surface area contributed by atoms with Crippen molar-refractivity contribution in [3.63, 3.8) is 0 Å². The molecule has 0 saturated carbocycles. The van der Waals surface area contributed by atoms with Crippen LogP contribution in [0.4, 0.5) is 0 Å². The molecule has 0 bridgehead atoms. The molecular weight excluding hydrogens is 466 g/mol. The molecule has 1 aliphatic rings. The van der Waals surface area contributed by atoms with Gasteiger partial charge in [-0.05, 0) is 43.3 Å². The van der Waals surface area contributed by atoms with E-state index in [4.69, 9.17) is 10.5 Å². The van der Waals surface area contributed by atoms with E-state index in [-0.39, 0.29) is 12.3 Å². The summed E-state index contributed by atoms with van der Waals surface area (Å²) >= 11 is 3.29. The van der Waals surface area contributed by atoms with Crippen LogP contribution in [-0.2, 0) is 14.3 Å². The Morgan fingerprint density at radius 2 is 1.74 bits per heavy atom. The summed E-state index contributed by atoms with van der Waals surface area (Å²) in [5, 5.41) is 1.05. The molecular formula is C22H20BrN3O5. The molecule has 31 heavy (non-hydrogen) atoms. The van der Waals surface area contributed by atoms with E-state index < -0.39 is 35.5 Å². The number of nitrogens with one attached hydrogen (secondary N) is 1. The average Bonchev–Trinajstić information content (AvgIpc) is 2.98. The molecule has 2 atom stereocenters. The number of allylic oxidation sites excluding steroid dienone is 2. The van der Waals surface area contributed by atoms with Gasteiger partial charge in [-0.2, -0.15) is 0 Å². The van der Waals surface area contributed by atoms with Gasteiger partial charge in [0.2, 0.25) is 0 Å². The number of ketones is 2. The molecule has 1 fully saturated rings. The first-order valence-electron chi connectivity index (χ1n) is 9.46. The van der Waals surface area contributed by atoms with Crippen LogP contribution in [0.2, 0.25) is 0 Å². The predicted molar refractivity (Wildman–Crippen MR) is 115 cm³/mol. The zero-order chi connectivity index (χ0) is 22.5. The number of amides is 1. The molecule has 1 aliphatic heterocycles. The molecule has 0 spiro atoms. The number of rotatable bonds is 6. The lowest BCUT2D eigenvalue weighted by Crippen LogP contribution is -2.51. The van der Waals surface area contributed by atoms with E-state index in [1.807, 2.05) is 0 Å². The van der Waals surface area contributed by atoms with Crippen LogP contribution < -0.4 is 11.2 Å². The van der Waals surface area contributed by atoms with Crippen LogP contribution in [0.25, 0.3) is 0 Å². The molecule has 3 N–H and O–H groups in total. The van der Waals surface area contributed by atoms with Crippen molar-refractivity contribution in [2.24, 2.45) is 11.7 Å². The number of hydrazine groups is 1. The van der Waals surface area contributed by atoms with Crippen LogP contribution in [0.3, 0.4) is 0 Å². The molecule has 2 aromatic rings. The quantitative estimate of drug-likeness (QED) is 0.278. The first kappa shape index (κ1) is 22.4. The number of carbonyl (C=O) groups excluding carboxylic acids is 4. The normalized spacial score (nSPS) is 19.4. The first-order valence-corrected chi connectivity index (χ1v) is 10.3. The molecule has 2 unspecified atom stereocenters. The lowest BCUT2D eigenvalue weighted by molar-refractivity contribution is -0.151. The van der Waals surface area contributed by atoms with Gasteiger partial charge in [0.05, 0.1) is 6.61 Å². The van der Waals surface area contributed by atoms with Crippen molar-refractivity contribution >= 4 is 39.4 Å². The number of halogens is 1. The van der Waals surface area contributed by atoms with Crippen molar-refractivity contribution in [3.8, 4) is 0 Å². The minimum Gasteiger partial charge on any atom is -0.465 e. The highest BCUT2D eigenvalue weighted by molar-refractivity contribution is 9.10. The third-order valence-corrected chi connectivity index (χ3v) is 5.16. The zero-order valence-corrected chi connectivity index (χ0v) is 18.2. The summed E-state index contributed by atoms with van der Waals surface area (Å²) < 4.78 is 5.75. The topological polar surface area (TPSA) is 119 Å². The van der Waals surface area contributed by atoms with E-state index in [0.717, 1.165) is 15.6 Å². The van der Waals surface area contributed by atoms with Gasteiger partial charge in [0.25, 0.3) is 5.91 Å². The van der Waals surface area contributed by atoms with Crippen molar-refractivity contribution in [1.82, 2.24) is 10.4 Å². The van der Waals surface area contributed by atoms with Crippen LogP contribution in [0.5, 0.6) is 0 Å². The van der Waals surface area contributed by atoms with Crippen LogP contribution in [0, 0.1) is 5.92 Å². The summed E-state index contributed by atoms with van der Waals surface area (Å²) in [6.07, 6.45) is -0.168. The Morgan fingerprint density at radius 3 is 2.35 bits per heavy atom. The molecule has 8 nitrogen and oxygen atoms in total. The summed E-state index contributed by atoms with van der Waals surface area (Å²) in [6.45, 7) is 1.66. The number of hydrogen-bond donors (Lipinski definition) is 2. The lowest BCUT2D eigenvalue weighted by Gasteiger charge is -2.25. The fraction of sp³-hybridized carbons (Fsp3) is 0.182. The van der Waals surface area contributed by atoms with E-state index >= 15 is 0 Å². The lowest BCUT2D eigenvalue weighted by atomic mass is 10.0. The molecule has 9 heteroatoms. The Labute approximate surface area is 187 Å². The van der Waals surface area contributed by atoms with Crippen molar-refractivity contribution < 1.29 is 23.9 Å². The fourth-order valence-corrected chi connectivity index (χ4v) is 3.35. The molecule has 3 rings (SSSR count). The van der Waals surface area contributed by atoms with Crippen LogP contribution in [-0.4, -0.2) is 41.2 Å². The molecule has 1 saturated heterocycles. The fourth-order valence-electron chi connectivity index (χ4n) is 3.08. The second kappa shape index (κ2) is 9.67. The zero-order valence-electron chi connectivity index (χ0n) is 16.6. The summed E-state index contributed by atoms with van der Waals surface area (Å²) in [5.74, 6) is -3.93. The van der Waals surface area contributed by atoms with Crippen molar-refractivity contribution in [2.45, 2.75) is 13.1 Å². The van der Waals surface area contributed by atoms with Gasteiger partial charge in [-0.15, -0.1) is 0 Å². The van der Waals surface area contributed by atoms with Gasteiger partial charge >= 0.3 is 5.97 Å². The number of nitrogens with two attached hydrogens (primary N) is 1. The number of hydrogen-bond acceptors (Lipinski definition) is 7. The standard InChI is InChI=1S/C22H20BrN3O5/c1-2-31-22(30)18-19(28)16(12-17(27)13-8-10-15(23)11-9-13)26(20(18)24)25-21(29)14-6-4-3-5-7-14/h3-12,18,20H,2,24H2,1H3,(H,25,29). The molecule has 1 heterocycles. The summed E-state index contributed by atoms with van der Waals surface area (Å²) in [6, 6.07) is 14.8. The summed E-state index contributed by atoms with van der Waals surface area (Å²) in [7, 11) is 0. The Bertz CT molecular complexity index is 1040. The van der Waals surface area contributed by atoms with Gasteiger partial charge in [0.15, 0.2) is 17.5 Å². The number of ether oxygens (including phenoxy) is 1. The third-order valence-electron chi connectivity index (χ3n) is 4.63. The SMILES string of the molecule is CCOC(=O)C1C(=O)C(=CC(=O)c2ccc(Br)cc2)N(NC(=O)c2ccccc2)C1N. The number of benzene rings is 2. The van der Waals surface area contributed by atoms with E-state index in [2.05, 4.69) is 21.4 Å². The number of Topliss-reactive ketones (excluding diaryl/α,β-unsaturated/α-hetero) is 1. The third kappa shape index (κ3) is 4.89. The highest BCUT2D eigenvalue weighted by Crippen LogP contribution is 2.27. The highest BCUT2D eigenvalue weighted by Gasteiger charge is 2.48. The monoisotopic (exact) mass is 485 g/mol. The van der Waals surface area contributed by atoms with E-state index in [1.54, 1.807) is 61.5 Å². The van der Waals surface area contributed by atoms with Crippen LogP contribution >= 0.6 is 15.9 Å². The summed E-state index contributed by atoms with van der Waals surface area (Å²) in [5.41, 5.74) is 9.11. The van der Waals surface area contributed by atoms with Gasteiger partial charge in [-0.25, -0.2) is 0 Å². The molecule has 0 radical (unpaired) electrons. The average molecular weight is 486 g/mol. The Balaban J connectivity index is 1.96. The summed E-state index contributed by atoms with van der Waals surface area (Å²) in [4.78, 5) is 50.7. The first-order chi connectivity index (χ1) is 14.8. The second-order valence-corrected chi connectivity index (χ2v) is 7.58. The maximum atomic E-state index is 13.0. The minimum atomic E-state index is -1.38. The number of esters is 1. The Kier molecular flexibility index (Phi) is 6.98. The van der Waals surface area contributed by atoms with Gasteiger partial charge in [0, 0.05) is 21.7 Å². The smallest absolute Gasteiger partial charge is 0.320 e. The van der Waals surface area contributed by atoms with Crippen LogP contribution in [0.1, 0.15) is 27.6 Å². The van der Waals surface area contributed by atoms with E-state index in [1.165, 1.54) is 0 Å². The van der Waals surface area contributed by atoms with E-state index in [9.17, 15) is 19.2 Å². The van der Waals surface area contributed by atoms with E-state index in [0.29, 0.717) is 11.1 Å². The second-order valence-electron chi connectivity index (χ2n) is 6.66. The molecule has 1 amide bonds. The Morgan fingerprint density at radius 1 is 1.10 bits per heavy atom.